The second-order valence-corrected chi connectivity index (χ2v) is 11.2. The van der Waals surface area contributed by atoms with Crippen molar-refractivity contribution in [2.24, 2.45) is 23.1 Å². The van der Waals surface area contributed by atoms with E-state index in [1.807, 2.05) is 0 Å². The first kappa shape index (κ1) is 16.3. The summed E-state index contributed by atoms with van der Waals surface area (Å²) in [5.41, 5.74) is 0. The van der Waals surface area contributed by atoms with Gasteiger partial charge in [0.1, 0.15) is 0 Å². The molecule has 0 saturated carbocycles. The van der Waals surface area contributed by atoms with E-state index in [0.29, 0.717) is 0 Å². The molecule has 0 N–H and O–H groups in total. The van der Waals surface area contributed by atoms with Crippen LogP contribution in [0.4, 0.5) is 0 Å². The van der Waals surface area contributed by atoms with Crippen molar-refractivity contribution in [2.45, 2.75) is 0 Å². The van der Waals surface area contributed by atoms with Gasteiger partial charge < -0.3 is 0 Å². The molecule has 0 rings (SSSR count). The molecule has 0 unspecified atom stereocenters. The van der Waals surface area contributed by atoms with Crippen molar-refractivity contribution in [1.29, 1.82) is 0 Å². The van der Waals surface area contributed by atoms with E-state index in [9.17, 15) is 29.4 Å². The topological polar surface area (TPSA) is 177 Å². The van der Waals surface area contributed by atoms with Gasteiger partial charge in [-0.05, 0) is 0 Å². The maximum absolute atomic E-state index is 9.99. The first-order chi connectivity index (χ1) is 5.97. The van der Waals surface area contributed by atoms with Gasteiger partial charge in [-0.2, -0.15) is 0 Å². The van der Waals surface area contributed by atoms with Gasteiger partial charge in [-0.1, -0.05) is 0 Å². The summed E-state index contributed by atoms with van der Waals surface area (Å²) in [7, 11) is 0. The van der Waals surface area contributed by atoms with Crippen LogP contribution in [0.3, 0.4) is 0 Å². The molecule has 0 aliphatic heterocycles. The molecule has 0 aliphatic carbocycles. The van der Waals surface area contributed by atoms with E-state index in [4.69, 9.17) is 0 Å². The number of hydrogen-bond donors (Lipinski definition) is 0. The van der Waals surface area contributed by atoms with Crippen LogP contribution < -0.4 is 0 Å². The summed E-state index contributed by atoms with van der Waals surface area (Å²) in [4.78, 5) is 59.9. The first-order valence-corrected chi connectivity index (χ1v) is 8.42. The minimum absolute atomic E-state index is 0. The molecule has 0 saturated heterocycles. The van der Waals surface area contributed by atoms with Crippen LogP contribution in [0.1, 0.15) is 0 Å². The van der Waals surface area contributed by atoms with Crippen molar-refractivity contribution in [3.05, 3.63) is 29.4 Å². The Hall–Kier alpha value is -0.114. The molecule has 0 aliphatic rings. The van der Waals surface area contributed by atoms with Crippen molar-refractivity contribution < 1.29 is 14.3 Å². The molecule has 0 atom stereocenters. The zero-order valence-corrected chi connectivity index (χ0v) is 7.86. The molecule has 0 radical (unpaired) electrons. The van der Waals surface area contributed by atoms with Gasteiger partial charge in [0, 0.05) is 0 Å². The summed E-state index contributed by atoms with van der Waals surface area (Å²) >= 11 is -8.11. The number of rotatable bonds is 6. The van der Waals surface area contributed by atoms with Crippen molar-refractivity contribution >= 4 is 51.4 Å². The van der Waals surface area contributed by atoms with Crippen LogP contribution in [0.5, 0.6) is 0 Å². The Morgan fingerprint density at radius 2 is 0.643 bits per heavy atom. The third-order valence-corrected chi connectivity index (χ3v) is 6.68. The molecule has 0 bridgehead atoms. The van der Waals surface area contributed by atoms with E-state index < -0.39 is 14.3 Å². The molecule has 77 valence electrons. The summed E-state index contributed by atoms with van der Waals surface area (Å²) < 4.78 is 8.50. The molecule has 14 heavy (non-hydrogen) atoms. The second-order valence-electron chi connectivity index (χ2n) is 1.37. The Bertz CT molecular complexity index is 238. The van der Waals surface area contributed by atoms with Gasteiger partial charge in [-0.15, -0.1) is 0 Å². The van der Waals surface area contributed by atoms with E-state index in [1.54, 1.807) is 0 Å². The fourth-order valence-corrected chi connectivity index (χ4v) is 1.36. The van der Waals surface area contributed by atoms with Crippen LogP contribution in [-0.2, 0) is 14.3 Å². The van der Waals surface area contributed by atoms with Gasteiger partial charge >= 0.3 is 118 Å². The third kappa shape index (κ3) is 1.58. The van der Waals surface area contributed by atoms with Gasteiger partial charge in [0.05, 0.1) is 0 Å². The molecule has 0 heterocycles. The molecule has 0 fully saturated rings. The molecule has 0 aromatic carbocycles. The molecule has 0 spiro atoms. The summed E-state index contributed by atoms with van der Waals surface area (Å²) in [6, 6.07) is 0. The van der Waals surface area contributed by atoms with E-state index in [-0.39, 0.29) is 51.4 Å². The summed E-state index contributed by atoms with van der Waals surface area (Å²) in [6.45, 7) is 0. The van der Waals surface area contributed by atoms with Gasteiger partial charge in [0.25, 0.3) is 0 Å². The van der Waals surface area contributed by atoms with E-state index >= 15 is 0 Å². The van der Waals surface area contributed by atoms with Crippen molar-refractivity contribution in [3.8, 4) is 0 Å². The predicted molar refractivity (Wildman–Crippen MR) is 41.9 cm³/mol. The molecule has 0 aromatic heterocycles. The van der Waals surface area contributed by atoms with E-state index in [2.05, 4.69) is 0 Å². The monoisotopic (exact) mass is 413 g/mol. The van der Waals surface area contributed by atoms with Crippen LogP contribution in [-0.4, -0.2) is 51.4 Å². The zero-order valence-electron chi connectivity index (χ0n) is 5.47. The van der Waals surface area contributed by atoms with Gasteiger partial charge in [0.2, 0.25) is 0 Å². The molecular weight excluding hydrogens is 411 g/mol. The summed E-state index contributed by atoms with van der Waals surface area (Å²) in [5.74, 6) is 0. The fraction of sp³-hybridized carbons (Fsp3) is 0. The summed E-state index contributed by atoms with van der Waals surface area (Å²) in [5, 5.41) is 0. The molecular formula is HIrKN6O6. The van der Waals surface area contributed by atoms with E-state index in [0.717, 1.165) is 0 Å². The predicted octanol–water partition coefficient (Wildman–Crippen LogP) is 0.652. The molecule has 14 heteroatoms. The SMILES string of the molecule is O=[N][Ir]([N]=O)([N]=O)([N]=O)([N]=O)[N]=O.[KH]. The average molecular weight is 412 g/mol. The Labute approximate surface area is 116 Å². The van der Waals surface area contributed by atoms with Gasteiger partial charge in [-0.25, -0.2) is 0 Å². The van der Waals surface area contributed by atoms with Crippen molar-refractivity contribution in [2.75, 3.05) is 0 Å². The molecule has 12 nitrogen and oxygen atoms in total. The Balaban J connectivity index is 0. The molecule has 0 aromatic rings. The van der Waals surface area contributed by atoms with Crippen molar-refractivity contribution in [3.63, 3.8) is 0 Å². The quantitative estimate of drug-likeness (QED) is 0.457. The standard InChI is InChI=1S/Ir.K.6NO.H/c;;6*1-2;/q+6;;6*-1;. The van der Waals surface area contributed by atoms with Crippen LogP contribution in [0.2, 0.25) is 0 Å². The molecule has 0 amide bonds. The zero-order chi connectivity index (χ0) is 10.7. The van der Waals surface area contributed by atoms with Crippen LogP contribution in [0.25, 0.3) is 0 Å². The minimum atomic E-state index is -8.11. The van der Waals surface area contributed by atoms with E-state index in [1.165, 1.54) is 23.1 Å². The van der Waals surface area contributed by atoms with Crippen LogP contribution >= 0.6 is 0 Å². The Kier molecular flexibility index (Phi) is 4.86. The Morgan fingerprint density at radius 3 is 0.643 bits per heavy atom. The van der Waals surface area contributed by atoms with Crippen LogP contribution in [0.15, 0.2) is 23.1 Å². The number of nitroso groups, excluding NO2 is 6. The Morgan fingerprint density at radius 1 is 0.500 bits per heavy atom. The number of nitrogens with zero attached hydrogens (tertiary/aromatic N) is 6. The first-order valence-electron chi connectivity index (χ1n) is 1.99. The average Bonchev–Trinajstić information content (AvgIpc) is 2.26. The normalized spacial score (nSPS) is 14.6. The van der Waals surface area contributed by atoms with Gasteiger partial charge in [0.15, 0.2) is 0 Å². The maximum atomic E-state index is 9.99. The fourth-order valence-electron chi connectivity index (χ4n) is 0.167. The summed E-state index contributed by atoms with van der Waals surface area (Å²) in [6.07, 6.45) is 0. The van der Waals surface area contributed by atoms with Crippen molar-refractivity contribution in [1.82, 2.24) is 0 Å². The van der Waals surface area contributed by atoms with Gasteiger partial charge in [-0.3, -0.25) is 0 Å². The van der Waals surface area contributed by atoms with Crippen LogP contribution in [0, 0.1) is 29.4 Å². The second kappa shape index (κ2) is 4.17. The number of hydrogen-bond acceptors (Lipinski definition) is 12. The third-order valence-electron chi connectivity index (χ3n) is 0.816.